The molecule has 8 heteroatoms. The third kappa shape index (κ3) is 4.95. The van der Waals surface area contributed by atoms with Crippen LogP contribution in [0.5, 0.6) is 0 Å². The van der Waals surface area contributed by atoms with E-state index in [-0.39, 0.29) is 42.3 Å². The highest BCUT2D eigenvalue weighted by Gasteiger charge is 2.29. The monoisotopic (exact) mass is 372 g/mol. The molecule has 2 amide bonds. The van der Waals surface area contributed by atoms with Crippen LogP contribution in [0.1, 0.15) is 25.3 Å². The van der Waals surface area contributed by atoms with E-state index in [0.29, 0.717) is 17.1 Å². The predicted octanol–water partition coefficient (Wildman–Crippen LogP) is 1.69. The second-order valence-electron chi connectivity index (χ2n) is 6.02. The number of carbonyl (C=O) groups is 2. The highest BCUT2D eigenvalue weighted by molar-refractivity contribution is 7.91. The lowest BCUT2D eigenvalue weighted by Gasteiger charge is -2.22. The fourth-order valence-electron chi connectivity index (χ4n) is 2.64. The maximum Gasteiger partial charge on any atom is 0.223 e. The average Bonchev–Trinajstić information content (AvgIpc) is 2.81. The van der Waals surface area contributed by atoms with Crippen molar-refractivity contribution in [3.8, 4) is 0 Å². The number of amides is 2. The van der Waals surface area contributed by atoms with Gasteiger partial charge in [0.25, 0.3) is 0 Å². The van der Waals surface area contributed by atoms with Crippen molar-refractivity contribution in [3.05, 3.63) is 28.8 Å². The largest absolute Gasteiger partial charge is 0.352 e. The van der Waals surface area contributed by atoms with Crippen LogP contribution in [0, 0.1) is 6.92 Å². The van der Waals surface area contributed by atoms with Crippen LogP contribution in [0.4, 0.5) is 5.69 Å². The number of halogens is 1. The first-order valence-electron chi connectivity index (χ1n) is 7.72. The van der Waals surface area contributed by atoms with E-state index < -0.39 is 9.84 Å². The smallest absolute Gasteiger partial charge is 0.223 e. The Kier molecular flexibility index (Phi) is 5.87. The SMILES string of the molecule is CC(=O)N(CCC(=O)NC1CCS(=O)(=O)C1)c1ccc(C)c(Cl)c1. The zero-order valence-electron chi connectivity index (χ0n) is 13.7. The molecule has 1 fully saturated rings. The molecule has 6 nitrogen and oxygen atoms in total. The minimum atomic E-state index is -3.03. The fraction of sp³-hybridized carbons (Fsp3) is 0.500. The molecular formula is C16H21ClN2O4S. The molecule has 1 aliphatic rings. The average molecular weight is 373 g/mol. The van der Waals surface area contributed by atoms with Crippen LogP contribution in [0.3, 0.4) is 0 Å². The van der Waals surface area contributed by atoms with Crippen molar-refractivity contribution in [2.45, 2.75) is 32.7 Å². The van der Waals surface area contributed by atoms with Crippen molar-refractivity contribution in [2.75, 3.05) is 23.0 Å². The summed E-state index contributed by atoms with van der Waals surface area (Å²) in [6.07, 6.45) is 0.541. The van der Waals surface area contributed by atoms with Gasteiger partial charge in [-0.25, -0.2) is 8.42 Å². The quantitative estimate of drug-likeness (QED) is 0.852. The van der Waals surface area contributed by atoms with Crippen LogP contribution in [0.2, 0.25) is 5.02 Å². The first kappa shape index (κ1) is 18.7. The zero-order valence-corrected chi connectivity index (χ0v) is 15.3. The third-order valence-corrected chi connectivity index (χ3v) is 6.18. The van der Waals surface area contributed by atoms with E-state index in [4.69, 9.17) is 11.6 Å². The third-order valence-electron chi connectivity index (χ3n) is 4.01. The minimum Gasteiger partial charge on any atom is -0.352 e. The Hall–Kier alpha value is -1.60. The van der Waals surface area contributed by atoms with Gasteiger partial charge in [-0.3, -0.25) is 9.59 Å². The number of rotatable bonds is 5. The van der Waals surface area contributed by atoms with Gasteiger partial charge >= 0.3 is 0 Å². The van der Waals surface area contributed by atoms with Crippen molar-refractivity contribution in [2.24, 2.45) is 0 Å². The van der Waals surface area contributed by atoms with Crippen LogP contribution in [0.15, 0.2) is 18.2 Å². The summed E-state index contributed by atoms with van der Waals surface area (Å²) in [4.78, 5) is 25.4. The molecule has 0 spiro atoms. The van der Waals surface area contributed by atoms with Gasteiger partial charge in [0, 0.05) is 36.6 Å². The summed E-state index contributed by atoms with van der Waals surface area (Å²) in [5.41, 5.74) is 1.54. The molecule has 1 saturated heterocycles. The molecule has 0 radical (unpaired) electrons. The van der Waals surface area contributed by atoms with Crippen LogP contribution >= 0.6 is 11.6 Å². The Morgan fingerprint density at radius 1 is 1.38 bits per heavy atom. The first-order valence-corrected chi connectivity index (χ1v) is 9.92. The van der Waals surface area contributed by atoms with E-state index in [9.17, 15) is 18.0 Å². The Balaban J connectivity index is 1.95. The van der Waals surface area contributed by atoms with E-state index >= 15 is 0 Å². The van der Waals surface area contributed by atoms with Gasteiger partial charge in [-0.05, 0) is 31.0 Å². The summed E-state index contributed by atoms with van der Waals surface area (Å²) in [7, 11) is -3.03. The summed E-state index contributed by atoms with van der Waals surface area (Å²) in [5, 5.41) is 3.27. The molecular weight excluding hydrogens is 352 g/mol. The van der Waals surface area contributed by atoms with E-state index in [1.807, 2.05) is 13.0 Å². The van der Waals surface area contributed by atoms with E-state index in [1.165, 1.54) is 11.8 Å². The van der Waals surface area contributed by atoms with Crippen LogP contribution < -0.4 is 10.2 Å². The zero-order chi connectivity index (χ0) is 17.9. The molecule has 0 saturated carbocycles. The maximum atomic E-state index is 12.0. The van der Waals surface area contributed by atoms with Gasteiger partial charge in [0.2, 0.25) is 11.8 Å². The molecule has 1 aliphatic heterocycles. The Labute approximate surface area is 147 Å². The van der Waals surface area contributed by atoms with Gasteiger partial charge in [-0.15, -0.1) is 0 Å². The van der Waals surface area contributed by atoms with Gasteiger partial charge < -0.3 is 10.2 Å². The molecule has 1 heterocycles. The molecule has 1 aromatic carbocycles. The molecule has 1 aromatic rings. The predicted molar refractivity (Wildman–Crippen MR) is 94.0 cm³/mol. The van der Waals surface area contributed by atoms with Crippen molar-refractivity contribution >= 4 is 38.9 Å². The molecule has 1 N–H and O–H groups in total. The van der Waals surface area contributed by atoms with Gasteiger partial charge in [0.1, 0.15) is 0 Å². The van der Waals surface area contributed by atoms with Crippen molar-refractivity contribution in [3.63, 3.8) is 0 Å². The first-order chi connectivity index (χ1) is 11.2. The number of aryl methyl sites for hydroxylation is 1. The topological polar surface area (TPSA) is 83.6 Å². The molecule has 0 bridgehead atoms. The number of hydrogen-bond donors (Lipinski definition) is 1. The number of nitrogens with one attached hydrogen (secondary N) is 1. The molecule has 24 heavy (non-hydrogen) atoms. The number of nitrogens with zero attached hydrogens (tertiary/aromatic N) is 1. The lowest BCUT2D eigenvalue weighted by atomic mass is 10.2. The molecule has 0 aliphatic carbocycles. The standard InChI is InChI=1S/C16H21ClN2O4S/c1-11-3-4-14(9-15(11)17)19(12(2)20)7-5-16(21)18-13-6-8-24(22,23)10-13/h3-4,9,13H,5-8,10H2,1-2H3,(H,18,21). The lowest BCUT2D eigenvalue weighted by molar-refractivity contribution is -0.121. The number of benzene rings is 1. The van der Waals surface area contributed by atoms with E-state index in [1.54, 1.807) is 12.1 Å². The Bertz CT molecular complexity index is 748. The summed E-state index contributed by atoms with van der Waals surface area (Å²) >= 11 is 6.09. The van der Waals surface area contributed by atoms with Crippen LogP contribution in [0.25, 0.3) is 0 Å². The van der Waals surface area contributed by atoms with Crippen molar-refractivity contribution in [1.29, 1.82) is 0 Å². The maximum absolute atomic E-state index is 12.0. The molecule has 0 aromatic heterocycles. The molecule has 2 rings (SSSR count). The minimum absolute atomic E-state index is 0.0112. The summed E-state index contributed by atoms with van der Waals surface area (Å²) in [5.74, 6) is -0.352. The van der Waals surface area contributed by atoms with E-state index in [2.05, 4.69) is 5.32 Å². The molecule has 1 unspecified atom stereocenters. The summed E-state index contributed by atoms with van der Waals surface area (Å²) in [6.45, 7) is 3.50. The Morgan fingerprint density at radius 3 is 2.62 bits per heavy atom. The van der Waals surface area contributed by atoms with Gasteiger partial charge in [-0.1, -0.05) is 17.7 Å². The molecule has 132 valence electrons. The van der Waals surface area contributed by atoms with E-state index in [0.717, 1.165) is 5.56 Å². The second-order valence-corrected chi connectivity index (χ2v) is 8.66. The van der Waals surface area contributed by atoms with Gasteiger partial charge in [-0.2, -0.15) is 0 Å². The lowest BCUT2D eigenvalue weighted by Crippen LogP contribution is -2.38. The number of anilines is 1. The van der Waals surface area contributed by atoms with Crippen molar-refractivity contribution in [1.82, 2.24) is 5.32 Å². The fourth-order valence-corrected chi connectivity index (χ4v) is 4.49. The number of hydrogen-bond acceptors (Lipinski definition) is 4. The van der Waals surface area contributed by atoms with Gasteiger partial charge in [0.15, 0.2) is 9.84 Å². The highest BCUT2D eigenvalue weighted by Crippen LogP contribution is 2.23. The van der Waals surface area contributed by atoms with Gasteiger partial charge in [0.05, 0.1) is 11.5 Å². The van der Waals surface area contributed by atoms with Crippen LogP contribution in [-0.2, 0) is 19.4 Å². The summed E-state index contributed by atoms with van der Waals surface area (Å²) in [6, 6.07) is 4.96. The number of carbonyl (C=O) groups excluding carboxylic acids is 2. The second kappa shape index (κ2) is 7.53. The number of sulfone groups is 1. The van der Waals surface area contributed by atoms with Crippen LogP contribution in [-0.4, -0.2) is 44.3 Å². The highest BCUT2D eigenvalue weighted by atomic mass is 35.5. The van der Waals surface area contributed by atoms with Crippen molar-refractivity contribution < 1.29 is 18.0 Å². The summed E-state index contributed by atoms with van der Waals surface area (Å²) < 4.78 is 22.8. The molecule has 1 atom stereocenters. The Morgan fingerprint density at radius 2 is 2.08 bits per heavy atom. The normalized spacial score (nSPS) is 19.0.